The molecule has 0 saturated carbocycles. The van der Waals surface area contributed by atoms with Crippen molar-refractivity contribution in [1.29, 1.82) is 0 Å². The first-order chi connectivity index (χ1) is 15.9. The minimum Gasteiger partial charge on any atom is -0.497 e. The molecule has 2 fully saturated rings. The average molecular weight is 479 g/mol. The summed E-state index contributed by atoms with van der Waals surface area (Å²) < 4.78 is 58.3. The molecule has 4 rings (SSSR count). The molecule has 0 aromatic heterocycles. The van der Waals surface area contributed by atoms with Crippen molar-refractivity contribution < 1.29 is 27.0 Å². The zero-order chi connectivity index (χ0) is 23.4. The molecule has 0 bridgehead atoms. The zero-order valence-electron chi connectivity index (χ0n) is 19.1. The molecular weight excluding hydrogens is 447 g/mol. The number of ether oxygens (including phenoxy) is 3. The van der Waals surface area contributed by atoms with Crippen LogP contribution in [0.4, 0.5) is 4.39 Å². The van der Waals surface area contributed by atoms with Gasteiger partial charge in [0.15, 0.2) is 11.6 Å². The zero-order valence-corrected chi connectivity index (χ0v) is 19.9. The normalized spacial score (nSPS) is 19.4. The van der Waals surface area contributed by atoms with Crippen LogP contribution >= 0.6 is 0 Å². The van der Waals surface area contributed by atoms with E-state index in [1.807, 2.05) is 0 Å². The number of piperidine rings is 2. The van der Waals surface area contributed by atoms with E-state index in [0.29, 0.717) is 36.4 Å². The third-order valence-electron chi connectivity index (χ3n) is 6.54. The van der Waals surface area contributed by atoms with Crippen molar-refractivity contribution >= 4 is 10.0 Å². The van der Waals surface area contributed by atoms with Crippen molar-refractivity contribution in [2.75, 3.05) is 40.4 Å². The Labute approximate surface area is 195 Å². The minimum atomic E-state index is -3.68. The van der Waals surface area contributed by atoms with Crippen LogP contribution in [0.3, 0.4) is 0 Å². The molecule has 9 heteroatoms. The highest BCUT2D eigenvalue weighted by Gasteiger charge is 2.35. The second-order valence-corrected chi connectivity index (χ2v) is 10.3. The van der Waals surface area contributed by atoms with Gasteiger partial charge in [-0.3, -0.25) is 0 Å². The van der Waals surface area contributed by atoms with Crippen LogP contribution in [-0.2, 0) is 10.0 Å². The lowest BCUT2D eigenvalue weighted by atomic mass is 10.00. The second-order valence-electron chi connectivity index (χ2n) is 8.44. The topological polar surface area (TPSA) is 68.3 Å². The number of halogens is 1. The van der Waals surface area contributed by atoms with Gasteiger partial charge in [-0.2, -0.15) is 4.31 Å². The SMILES string of the molecule is COc1ccc(OC)c(S(=O)(=O)N2CCC(N3CCC(Oc4ccccc4F)CC3)CC2)c1. The van der Waals surface area contributed by atoms with Gasteiger partial charge in [0.25, 0.3) is 0 Å². The molecule has 0 amide bonds. The summed E-state index contributed by atoms with van der Waals surface area (Å²) >= 11 is 0. The fourth-order valence-corrected chi connectivity index (χ4v) is 6.29. The van der Waals surface area contributed by atoms with E-state index >= 15 is 0 Å². The molecule has 180 valence electrons. The Bertz CT molecular complexity index is 1050. The van der Waals surface area contributed by atoms with E-state index in [4.69, 9.17) is 14.2 Å². The van der Waals surface area contributed by atoms with Gasteiger partial charge >= 0.3 is 0 Å². The maximum atomic E-state index is 13.9. The van der Waals surface area contributed by atoms with E-state index in [1.54, 1.807) is 30.3 Å². The standard InChI is InChI=1S/C24H31FN2O5S/c1-30-20-7-8-23(31-2)24(17-20)33(28,29)27-15-9-18(10-16-27)26-13-11-19(12-14-26)32-22-6-4-3-5-21(22)25/h3-8,17-19H,9-16H2,1-2H3. The van der Waals surface area contributed by atoms with Crippen molar-refractivity contribution in [3.05, 3.63) is 48.3 Å². The summed E-state index contributed by atoms with van der Waals surface area (Å²) in [5, 5.41) is 0. The summed E-state index contributed by atoms with van der Waals surface area (Å²) in [4.78, 5) is 2.55. The highest BCUT2D eigenvalue weighted by atomic mass is 32.2. The fraction of sp³-hybridized carbons (Fsp3) is 0.500. The maximum absolute atomic E-state index is 13.9. The van der Waals surface area contributed by atoms with Gasteiger partial charge in [-0.25, -0.2) is 12.8 Å². The number of nitrogens with zero attached hydrogens (tertiary/aromatic N) is 2. The van der Waals surface area contributed by atoms with Gasteiger partial charge in [0.05, 0.1) is 14.2 Å². The van der Waals surface area contributed by atoms with Crippen LogP contribution in [0.15, 0.2) is 47.4 Å². The summed E-state index contributed by atoms with van der Waals surface area (Å²) in [6.45, 7) is 2.64. The van der Waals surface area contributed by atoms with Crippen molar-refractivity contribution in [1.82, 2.24) is 9.21 Å². The van der Waals surface area contributed by atoms with E-state index in [9.17, 15) is 12.8 Å². The number of hydrogen-bond donors (Lipinski definition) is 0. The predicted molar refractivity (Wildman–Crippen MR) is 123 cm³/mol. The number of benzene rings is 2. The number of para-hydroxylation sites is 1. The number of hydrogen-bond acceptors (Lipinski definition) is 6. The Hall–Kier alpha value is -2.36. The number of sulfonamides is 1. The quantitative estimate of drug-likeness (QED) is 0.607. The molecular formula is C24H31FN2O5S. The highest BCUT2D eigenvalue weighted by molar-refractivity contribution is 7.89. The fourth-order valence-electron chi connectivity index (χ4n) is 4.65. The summed E-state index contributed by atoms with van der Waals surface area (Å²) in [5.41, 5.74) is 0. The van der Waals surface area contributed by atoms with E-state index < -0.39 is 10.0 Å². The Balaban J connectivity index is 1.33. The molecule has 2 aliphatic heterocycles. The van der Waals surface area contributed by atoms with Crippen molar-refractivity contribution in [3.8, 4) is 17.2 Å². The van der Waals surface area contributed by atoms with Gasteiger partial charge in [-0.15, -0.1) is 0 Å². The van der Waals surface area contributed by atoms with Crippen LogP contribution < -0.4 is 14.2 Å². The minimum absolute atomic E-state index is 0.000794. The lowest BCUT2D eigenvalue weighted by molar-refractivity contribution is 0.0567. The summed E-state index contributed by atoms with van der Waals surface area (Å²) in [6.07, 6.45) is 3.19. The van der Waals surface area contributed by atoms with Crippen LogP contribution in [0.2, 0.25) is 0 Å². The molecule has 2 aromatic carbocycles. The maximum Gasteiger partial charge on any atom is 0.246 e. The summed E-state index contributed by atoms with van der Waals surface area (Å²) in [5.74, 6) is 0.767. The number of rotatable bonds is 7. The first-order valence-electron chi connectivity index (χ1n) is 11.3. The second kappa shape index (κ2) is 10.3. The van der Waals surface area contributed by atoms with E-state index in [-0.39, 0.29) is 16.8 Å². The van der Waals surface area contributed by atoms with Gasteiger partial charge in [0.1, 0.15) is 22.5 Å². The lowest BCUT2D eigenvalue weighted by Gasteiger charge is -2.41. The van der Waals surface area contributed by atoms with Crippen LogP contribution in [0.5, 0.6) is 17.2 Å². The Morgan fingerprint density at radius 3 is 2.21 bits per heavy atom. The third-order valence-corrected chi connectivity index (χ3v) is 8.46. The van der Waals surface area contributed by atoms with Crippen LogP contribution in [-0.4, -0.2) is 70.2 Å². The third kappa shape index (κ3) is 5.26. The van der Waals surface area contributed by atoms with E-state index in [1.165, 1.54) is 30.7 Å². The monoisotopic (exact) mass is 478 g/mol. The molecule has 2 saturated heterocycles. The molecule has 2 heterocycles. The van der Waals surface area contributed by atoms with E-state index in [0.717, 1.165) is 38.8 Å². The molecule has 0 atom stereocenters. The molecule has 33 heavy (non-hydrogen) atoms. The van der Waals surface area contributed by atoms with Gasteiger partial charge < -0.3 is 19.1 Å². The van der Waals surface area contributed by atoms with Crippen LogP contribution in [0.1, 0.15) is 25.7 Å². The summed E-state index contributed by atoms with van der Waals surface area (Å²) in [6, 6.07) is 11.6. The molecule has 0 spiro atoms. The van der Waals surface area contributed by atoms with Crippen molar-refractivity contribution in [2.45, 2.75) is 42.7 Å². The summed E-state index contributed by atoms with van der Waals surface area (Å²) in [7, 11) is -0.712. The van der Waals surface area contributed by atoms with Crippen LogP contribution in [0.25, 0.3) is 0 Å². The van der Waals surface area contributed by atoms with Crippen molar-refractivity contribution in [3.63, 3.8) is 0 Å². The molecule has 7 nitrogen and oxygen atoms in total. The molecule has 2 aliphatic rings. The first kappa shape index (κ1) is 23.8. The lowest BCUT2D eigenvalue weighted by Crippen LogP contribution is -2.50. The number of likely N-dealkylation sites (tertiary alicyclic amines) is 1. The van der Waals surface area contributed by atoms with Crippen LogP contribution in [0, 0.1) is 5.82 Å². The van der Waals surface area contributed by atoms with Gasteiger partial charge in [0.2, 0.25) is 10.0 Å². The van der Waals surface area contributed by atoms with Gasteiger partial charge in [-0.05, 0) is 49.9 Å². The molecule has 0 radical (unpaired) electrons. The number of methoxy groups -OCH3 is 2. The van der Waals surface area contributed by atoms with Gasteiger partial charge in [0, 0.05) is 38.3 Å². The predicted octanol–water partition coefficient (Wildman–Crippen LogP) is 3.54. The smallest absolute Gasteiger partial charge is 0.246 e. The highest BCUT2D eigenvalue weighted by Crippen LogP contribution is 2.33. The molecule has 0 aliphatic carbocycles. The average Bonchev–Trinajstić information content (AvgIpc) is 2.85. The van der Waals surface area contributed by atoms with Crippen molar-refractivity contribution in [2.24, 2.45) is 0 Å². The first-order valence-corrected chi connectivity index (χ1v) is 12.7. The molecule has 0 unspecified atom stereocenters. The van der Waals surface area contributed by atoms with Gasteiger partial charge in [-0.1, -0.05) is 12.1 Å². The molecule has 0 N–H and O–H groups in total. The Morgan fingerprint density at radius 2 is 1.58 bits per heavy atom. The Morgan fingerprint density at radius 1 is 0.879 bits per heavy atom. The molecule has 2 aromatic rings. The van der Waals surface area contributed by atoms with E-state index in [2.05, 4.69) is 4.90 Å². The Kier molecular flexibility index (Phi) is 7.41. The largest absolute Gasteiger partial charge is 0.497 e.